The van der Waals surface area contributed by atoms with Crippen LogP contribution in [0.5, 0.6) is 0 Å². The molecule has 0 saturated carbocycles. The van der Waals surface area contributed by atoms with Gasteiger partial charge in [0, 0.05) is 13.1 Å². The van der Waals surface area contributed by atoms with Crippen molar-refractivity contribution in [2.45, 2.75) is 12.6 Å². The first kappa shape index (κ1) is 12.4. The zero-order chi connectivity index (χ0) is 11.4. The van der Waals surface area contributed by atoms with Crippen LogP contribution in [0, 0.1) is 0 Å². The summed E-state index contributed by atoms with van der Waals surface area (Å²) < 4.78 is 1.69. The van der Waals surface area contributed by atoms with Crippen LogP contribution in [-0.2, 0) is 6.54 Å². The number of hydrogen-bond acceptors (Lipinski definition) is 4. The van der Waals surface area contributed by atoms with E-state index in [9.17, 15) is 5.11 Å². The van der Waals surface area contributed by atoms with Crippen molar-refractivity contribution in [3.05, 3.63) is 16.9 Å². The third-order valence-corrected chi connectivity index (χ3v) is 2.42. The first-order valence-electron chi connectivity index (χ1n) is 4.80. The molecule has 0 aliphatic heterocycles. The molecule has 0 amide bonds. The molecule has 15 heavy (non-hydrogen) atoms. The molecule has 1 aromatic rings. The molecule has 86 valence electrons. The fourth-order valence-corrected chi connectivity index (χ4v) is 1.55. The zero-order valence-electron chi connectivity index (χ0n) is 9.02. The van der Waals surface area contributed by atoms with Gasteiger partial charge in [0.05, 0.1) is 23.5 Å². The second kappa shape index (κ2) is 5.46. The number of halogens is 1. The van der Waals surface area contributed by atoms with Crippen molar-refractivity contribution in [2.24, 2.45) is 5.73 Å². The number of aliphatic hydroxyl groups excluding tert-OH is 1. The van der Waals surface area contributed by atoms with E-state index in [0.29, 0.717) is 17.3 Å². The molecule has 6 heteroatoms. The van der Waals surface area contributed by atoms with Gasteiger partial charge in [0.25, 0.3) is 0 Å². The van der Waals surface area contributed by atoms with Gasteiger partial charge in [-0.05, 0) is 14.1 Å². The van der Waals surface area contributed by atoms with E-state index in [1.165, 1.54) is 6.20 Å². The van der Waals surface area contributed by atoms with Crippen LogP contribution in [0.2, 0.25) is 5.02 Å². The third-order valence-electron chi connectivity index (χ3n) is 2.13. The van der Waals surface area contributed by atoms with E-state index >= 15 is 0 Å². The Morgan fingerprint density at radius 1 is 1.67 bits per heavy atom. The Kier molecular flexibility index (Phi) is 4.53. The predicted octanol–water partition coefficient (Wildman–Crippen LogP) is 0.0902. The van der Waals surface area contributed by atoms with Gasteiger partial charge >= 0.3 is 0 Å². The fraction of sp³-hybridized carbons (Fsp3) is 0.667. The smallest absolute Gasteiger partial charge is 0.109 e. The predicted molar refractivity (Wildman–Crippen MR) is 59.8 cm³/mol. The van der Waals surface area contributed by atoms with E-state index in [-0.39, 0.29) is 6.54 Å². The van der Waals surface area contributed by atoms with Crippen molar-refractivity contribution in [3.63, 3.8) is 0 Å². The molecule has 1 aromatic heterocycles. The van der Waals surface area contributed by atoms with E-state index in [4.69, 9.17) is 17.3 Å². The number of nitrogens with two attached hydrogens (primary N) is 1. The SMILES string of the molecule is CN(C)CCn1ncc(Cl)c1C(O)CN. The van der Waals surface area contributed by atoms with Crippen molar-refractivity contribution in [3.8, 4) is 0 Å². The summed E-state index contributed by atoms with van der Waals surface area (Å²) in [7, 11) is 3.95. The highest BCUT2D eigenvalue weighted by Gasteiger charge is 2.16. The number of hydrogen-bond donors (Lipinski definition) is 2. The minimum Gasteiger partial charge on any atom is -0.385 e. The van der Waals surface area contributed by atoms with Crippen LogP contribution in [-0.4, -0.2) is 47.0 Å². The van der Waals surface area contributed by atoms with Crippen molar-refractivity contribution in [2.75, 3.05) is 27.2 Å². The van der Waals surface area contributed by atoms with Crippen LogP contribution >= 0.6 is 11.6 Å². The molecule has 0 fully saturated rings. The number of nitrogens with zero attached hydrogens (tertiary/aromatic N) is 3. The summed E-state index contributed by atoms with van der Waals surface area (Å²) in [6.45, 7) is 1.67. The lowest BCUT2D eigenvalue weighted by atomic mass is 10.2. The van der Waals surface area contributed by atoms with Crippen molar-refractivity contribution >= 4 is 11.6 Å². The van der Waals surface area contributed by atoms with E-state index < -0.39 is 6.10 Å². The lowest BCUT2D eigenvalue weighted by Crippen LogP contribution is -2.23. The molecule has 0 bridgehead atoms. The topological polar surface area (TPSA) is 67.3 Å². The summed E-state index contributed by atoms with van der Waals surface area (Å²) >= 11 is 5.92. The van der Waals surface area contributed by atoms with Crippen molar-refractivity contribution in [1.82, 2.24) is 14.7 Å². The van der Waals surface area contributed by atoms with Gasteiger partial charge < -0.3 is 15.7 Å². The molecule has 5 nitrogen and oxygen atoms in total. The van der Waals surface area contributed by atoms with Crippen LogP contribution in [0.1, 0.15) is 11.8 Å². The third kappa shape index (κ3) is 3.17. The molecule has 1 unspecified atom stereocenters. The van der Waals surface area contributed by atoms with Crippen LogP contribution in [0.25, 0.3) is 0 Å². The summed E-state index contributed by atoms with van der Waals surface area (Å²) in [5.74, 6) is 0. The molecule has 1 rings (SSSR count). The number of rotatable bonds is 5. The van der Waals surface area contributed by atoms with Crippen LogP contribution in [0.4, 0.5) is 0 Å². The largest absolute Gasteiger partial charge is 0.385 e. The first-order chi connectivity index (χ1) is 7.06. The van der Waals surface area contributed by atoms with Crippen molar-refractivity contribution < 1.29 is 5.11 Å². The molecular weight excluding hydrogens is 216 g/mol. The molecule has 0 radical (unpaired) electrons. The standard InChI is InChI=1S/C9H17ClN4O/c1-13(2)3-4-14-9(8(15)5-11)7(10)6-12-14/h6,8,15H,3-5,11H2,1-2H3. The van der Waals surface area contributed by atoms with Crippen LogP contribution in [0.3, 0.4) is 0 Å². The van der Waals surface area contributed by atoms with Gasteiger partial charge in [-0.2, -0.15) is 5.10 Å². The molecule has 1 heterocycles. The molecule has 0 aliphatic rings. The molecule has 0 aromatic carbocycles. The highest BCUT2D eigenvalue weighted by atomic mass is 35.5. The van der Waals surface area contributed by atoms with Gasteiger partial charge in [-0.3, -0.25) is 4.68 Å². The number of aliphatic hydroxyl groups is 1. The summed E-state index contributed by atoms with van der Waals surface area (Å²) in [5, 5.41) is 14.2. The summed E-state index contributed by atoms with van der Waals surface area (Å²) in [4.78, 5) is 2.04. The Labute approximate surface area is 94.4 Å². The Bertz CT molecular complexity index is 313. The fourth-order valence-electron chi connectivity index (χ4n) is 1.29. The Morgan fingerprint density at radius 2 is 2.33 bits per heavy atom. The zero-order valence-corrected chi connectivity index (χ0v) is 9.78. The average molecular weight is 233 g/mol. The lowest BCUT2D eigenvalue weighted by molar-refractivity contribution is 0.173. The molecular formula is C9H17ClN4O. The summed E-state index contributed by atoms with van der Waals surface area (Å²) in [6, 6.07) is 0. The minimum absolute atomic E-state index is 0.146. The van der Waals surface area contributed by atoms with Crippen LogP contribution in [0.15, 0.2) is 6.20 Å². The van der Waals surface area contributed by atoms with E-state index in [0.717, 1.165) is 6.54 Å². The van der Waals surface area contributed by atoms with Gasteiger partial charge in [-0.1, -0.05) is 11.6 Å². The first-order valence-corrected chi connectivity index (χ1v) is 5.18. The maximum absolute atomic E-state index is 9.66. The summed E-state index contributed by atoms with van der Waals surface area (Å²) in [5.41, 5.74) is 5.99. The Balaban J connectivity index is 2.79. The molecule has 0 aliphatic carbocycles. The normalized spacial score (nSPS) is 13.5. The number of aromatic nitrogens is 2. The highest BCUT2D eigenvalue weighted by Crippen LogP contribution is 2.21. The Morgan fingerprint density at radius 3 is 2.87 bits per heavy atom. The van der Waals surface area contributed by atoms with E-state index in [1.54, 1.807) is 4.68 Å². The van der Waals surface area contributed by atoms with Crippen LogP contribution < -0.4 is 5.73 Å². The van der Waals surface area contributed by atoms with Gasteiger partial charge in [0.2, 0.25) is 0 Å². The minimum atomic E-state index is -0.748. The average Bonchev–Trinajstić information content (AvgIpc) is 2.55. The summed E-state index contributed by atoms with van der Waals surface area (Å²) in [6.07, 6.45) is 0.785. The maximum atomic E-state index is 9.66. The van der Waals surface area contributed by atoms with E-state index in [1.807, 2.05) is 19.0 Å². The lowest BCUT2D eigenvalue weighted by Gasteiger charge is -2.14. The highest BCUT2D eigenvalue weighted by molar-refractivity contribution is 6.31. The second-order valence-electron chi connectivity index (χ2n) is 3.66. The molecule has 0 spiro atoms. The second-order valence-corrected chi connectivity index (χ2v) is 4.06. The number of likely N-dealkylation sites (N-methyl/N-ethyl adjacent to an activating group) is 1. The maximum Gasteiger partial charge on any atom is 0.109 e. The van der Waals surface area contributed by atoms with Crippen molar-refractivity contribution in [1.29, 1.82) is 0 Å². The monoisotopic (exact) mass is 232 g/mol. The van der Waals surface area contributed by atoms with Gasteiger partial charge in [-0.15, -0.1) is 0 Å². The van der Waals surface area contributed by atoms with Gasteiger partial charge in [-0.25, -0.2) is 0 Å². The Hall–Kier alpha value is -0.620. The molecule has 1 atom stereocenters. The molecule has 3 N–H and O–H groups in total. The molecule has 0 saturated heterocycles. The van der Waals surface area contributed by atoms with E-state index in [2.05, 4.69) is 5.10 Å². The van der Waals surface area contributed by atoms with Gasteiger partial charge in [0.1, 0.15) is 6.10 Å². The quantitative estimate of drug-likeness (QED) is 0.755. The van der Waals surface area contributed by atoms with Gasteiger partial charge in [0.15, 0.2) is 0 Å².